The van der Waals surface area contributed by atoms with E-state index in [1.165, 1.54) is 53.4 Å². The number of carbonyl (C=O) groups is 3. The van der Waals surface area contributed by atoms with Crippen molar-refractivity contribution in [1.82, 2.24) is 15.1 Å². The first kappa shape index (κ1) is 29.6. The van der Waals surface area contributed by atoms with Crippen molar-refractivity contribution >= 4 is 42.1 Å². The van der Waals surface area contributed by atoms with Crippen molar-refractivity contribution in [1.29, 1.82) is 0 Å². The van der Waals surface area contributed by atoms with E-state index in [2.05, 4.69) is 17.9 Å². The molecule has 4 rings (SSSR count). The lowest BCUT2D eigenvalue weighted by Crippen LogP contribution is -2.47. The van der Waals surface area contributed by atoms with E-state index in [0.717, 1.165) is 0 Å². The summed E-state index contributed by atoms with van der Waals surface area (Å²) >= 11 is 4.47. The number of hydrogen-bond donors (Lipinski definition) is 2. The minimum atomic E-state index is -0.722. The van der Waals surface area contributed by atoms with Crippen LogP contribution in [0.4, 0.5) is 21.0 Å². The zero-order chi connectivity index (χ0) is 29.5. The maximum atomic E-state index is 13.3. The third-order valence-electron chi connectivity index (χ3n) is 6.96. The average molecular weight is 588 g/mol. The maximum Gasteiger partial charge on any atom is 0.410 e. The number of carbonyl (C=O) groups excluding carboxylic acids is 3. The molecule has 15 heteroatoms. The molecule has 0 aromatic heterocycles. The highest BCUT2D eigenvalue weighted by Crippen LogP contribution is 2.27. The first-order chi connectivity index (χ1) is 19.6. The predicted octanol–water partition coefficient (Wildman–Crippen LogP) is 3.29. The normalized spacial score (nSPS) is 20.0. The third kappa shape index (κ3) is 7.84. The Kier molecular flexibility index (Phi) is 9.60. The highest BCUT2D eigenvalue weighted by atomic mass is 32.1. The van der Waals surface area contributed by atoms with Crippen LogP contribution in [-0.2, 0) is 27.5 Å². The van der Waals surface area contributed by atoms with Gasteiger partial charge in [-0.1, -0.05) is 0 Å². The number of thiol groups is 1. The van der Waals surface area contributed by atoms with Crippen LogP contribution in [0, 0.1) is 26.1 Å². The standard InChI is InChI=1S/C26H29N5O9S/c32-24(23-11-22(41)14-29(23)26(34)40-16-18-3-7-21(8-4-18)31(37)38)28-10-9-19(13-28)12-27-25(33)39-15-17-1-5-20(6-2-17)30(35)36/h1-8,19,22-23,41H,9-16H2,(H,27,33)/t19-,22+,23+/m1/s1. The Morgan fingerprint density at radius 1 is 0.902 bits per heavy atom. The molecule has 3 atom stereocenters. The molecule has 0 aliphatic carbocycles. The quantitative estimate of drug-likeness (QED) is 0.253. The van der Waals surface area contributed by atoms with E-state index >= 15 is 0 Å². The Balaban J connectivity index is 1.22. The fourth-order valence-corrected chi connectivity index (χ4v) is 5.12. The molecule has 41 heavy (non-hydrogen) atoms. The van der Waals surface area contributed by atoms with E-state index in [9.17, 15) is 34.6 Å². The number of nitro benzene ring substituents is 2. The summed E-state index contributed by atoms with van der Waals surface area (Å²) in [6.07, 6.45) is -0.255. The Labute approximate surface area is 240 Å². The Bertz CT molecular complexity index is 1290. The van der Waals surface area contributed by atoms with Crippen molar-refractivity contribution in [2.75, 3.05) is 26.2 Å². The van der Waals surface area contributed by atoms with Crippen molar-refractivity contribution in [3.05, 3.63) is 79.9 Å². The molecule has 2 heterocycles. The number of nitrogens with one attached hydrogen (secondary N) is 1. The van der Waals surface area contributed by atoms with Crippen LogP contribution < -0.4 is 5.32 Å². The van der Waals surface area contributed by atoms with Crippen LogP contribution in [0.15, 0.2) is 48.5 Å². The predicted molar refractivity (Wildman–Crippen MR) is 147 cm³/mol. The summed E-state index contributed by atoms with van der Waals surface area (Å²) < 4.78 is 10.6. The maximum absolute atomic E-state index is 13.3. The van der Waals surface area contributed by atoms with Crippen molar-refractivity contribution in [3.8, 4) is 0 Å². The lowest BCUT2D eigenvalue weighted by Gasteiger charge is -2.27. The fourth-order valence-electron chi connectivity index (χ4n) is 4.74. The van der Waals surface area contributed by atoms with E-state index in [-0.39, 0.29) is 48.2 Å². The third-order valence-corrected chi connectivity index (χ3v) is 7.33. The van der Waals surface area contributed by atoms with Gasteiger partial charge in [-0.25, -0.2) is 9.59 Å². The van der Waals surface area contributed by atoms with Gasteiger partial charge in [0.1, 0.15) is 19.3 Å². The van der Waals surface area contributed by atoms with E-state index in [0.29, 0.717) is 43.6 Å². The SMILES string of the molecule is O=C(NC[C@H]1CCN(C(=O)[C@@H]2C[C@H](S)CN2C(=O)OCc2ccc([N+](=O)[O-])cc2)C1)OCc1ccc([N+](=O)[O-])cc1. The van der Waals surface area contributed by atoms with Crippen molar-refractivity contribution in [2.24, 2.45) is 5.92 Å². The number of rotatable bonds is 9. The summed E-state index contributed by atoms with van der Waals surface area (Å²) in [4.78, 5) is 61.8. The molecule has 0 radical (unpaired) electrons. The smallest absolute Gasteiger partial charge is 0.410 e. The molecule has 0 saturated carbocycles. The number of non-ortho nitro benzene ring substituents is 2. The van der Waals surface area contributed by atoms with Gasteiger partial charge in [0.05, 0.1) is 9.85 Å². The van der Waals surface area contributed by atoms with E-state index in [4.69, 9.17) is 9.47 Å². The molecule has 2 fully saturated rings. The Hall–Kier alpha value is -4.40. The molecule has 0 spiro atoms. The number of ether oxygens (including phenoxy) is 2. The summed E-state index contributed by atoms with van der Waals surface area (Å²) in [5, 5.41) is 24.0. The molecule has 2 aromatic rings. The van der Waals surface area contributed by atoms with E-state index in [1.54, 1.807) is 4.90 Å². The van der Waals surface area contributed by atoms with Gasteiger partial charge in [0.2, 0.25) is 5.91 Å². The number of likely N-dealkylation sites (tertiary alicyclic amines) is 2. The molecular weight excluding hydrogens is 558 g/mol. The minimum Gasteiger partial charge on any atom is -0.445 e. The fraction of sp³-hybridized carbons (Fsp3) is 0.423. The van der Waals surface area contributed by atoms with Crippen LogP contribution in [0.25, 0.3) is 0 Å². The number of benzene rings is 2. The molecule has 1 N–H and O–H groups in total. The number of nitro groups is 2. The second-order valence-electron chi connectivity index (χ2n) is 9.86. The molecule has 2 aromatic carbocycles. The summed E-state index contributed by atoms with van der Waals surface area (Å²) in [5.74, 6) is -0.210. The summed E-state index contributed by atoms with van der Waals surface area (Å²) in [6.45, 7) is 1.29. The minimum absolute atomic E-state index is 0.00150. The van der Waals surface area contributed by atoms with Gasteiger partial charge in [0.25, 0.3) is 11.4 Å². The molecule has 0 bridgehead atoms. The van der Waals surface area contributed by atoms with Crippen LogP contribution >= 0.6 is 12.6 Å². The molecule has 218 valence electrons. The average Bonchev–Trinajstić information content (AvgIpc) is 3.60. The summed E-state index contributed by atoms with van der Waals surface area (Å²) in [6, 6.07) is 10.6. The molecule has 2 aliphatic heterocycles. The summed E-state index contributed by atoms with van der Waals surface area (Å²) in [7, 11) is 0. The van der Waals surface area contributed by atoms with Gasteiger partial charge in [-0.15, -0.1) is 0 Å². The Morgan fingerprint density at radius 2 is 1.46 bits per heavy atom. The van der Waals surface area contributed by atoms with Gasteiger partial charge in [0.15, 0.2) is 0 Å². The van der Waals surface area contributed by atoms with Crippen LogP contribution in [0.5, 0.6) is 0 Å². The Morgan fingerprint density at radius 3 is 2.02 bits per heavy atom. The van der Waals surface area contributed by atoms with Crippen molar-refractivity contribution < 1.29 is 33.7 Å². The first-order valence-electron chi connectivity index (χ1n) is 12.9. The zero-order valence-electron chi connectivity index (χ0n) is 21.9. The molecule has 2 aliphatic rings. The lowest BCUT2D eigenvalue weighted by atomic mass is 10.1. The monoisotopic (exact) mass is 587 g/mol. The van der Waals surface area contributed by atoms with Gasteiger partial charge in [0, 0.05) is 55.7 Å². The number of nitrogens with zero attached hydrogens (tertiary/aromatic N) is 4. The molecule has 3 amide bonds. The molecule has 0 unspecified atom stereocenters. The largest absolute Gasteiger partial charge is 0.445 e. The lowest BCUT2D eigenvalue weighted by molar-refractivity contribution is -0.385. The number of amides is 3. The van der Waals surface area contributed by atoms with Crippen molar-refractivity contribution in [3.63, 3.8) is 0 Å². The molecular formula is C26H29N5O9S. The van der Waals surface area contributed by atoms with Gasteiger partial charge >= 0.3 is 12.2 Å². The van der Waals surface area contributed by atoms with E-state index in [1.807, 2.05) is 0 Å². The molecule has 14 nitrogen and oxygen atoms in total. The highest BCUT2D eigenvalue weighted by Gasteiger charge is 2.42. The summed E-state index contributed by atoms with van der Waals surface area (Å²) in [5.41, 5.74) is 1.07. The van der Waals surface area contributed by atoms with Gasteiger partial charge in [-0.2, -0.15) is 12.6 Å². The van der Waals surface area contributed by atoms with E-state index < -0.39 is 28.1 Å². The zero-order valence-corrected chi connectivity index (χ0v) is 22.8. The van der Waals surface area contributed by atoms with Gasteiger partial charge in [-0.05, 0) is 54.2 Å². The van der Waals surface area contributed by atoms with Crippen LogP contribution in [-0.4, -0.2) is 75.2 Å². The van der Waals surface area contributed by atoms with Gasteiger partial charge in [-0.3, -0.25) is 29.9 Å². The van der Waals surface area contributed by atoms with Crippen LogP contribution in [0.3, 0.4) is 0 Å². The second-order valence-corrected chi connectivity index (χ2v) is 10.6. The van der Waals surface area contributed by atoms with Crippen molar-refractivity contribution in [2.45, 2.75) is 37.3 Å². The second kappa shape index (κ2) is 13.3. The molecule has 2 saturated heterocycles. The van der Waals surface area contributed by atoms with Crippen LogP contribution in [0.2, 0.25) is 0 Å². The first-order valence-corrected chi connectivity index (χ1v) is 13.4. The topological polar surface area (TPSA) is 174 Å². The number of alkyl carbamates (subject to hydrolysis) is 1. The highest BCUT2D eigenvalue weighted by molar-refractivity contribution is 7.81. The number of hydrogen-bond acceptors (Lipinski definition) is 10. The van der Waals surface area contributed by atoms with Gasteiger partial charge < -0.3 is 19.7 Å². The van der Waals surface area contributed by atoms with Crippen LogP contribution in [0.1, 0.15) is 24.0 Å².